The fourth-order valence-corrected chi connectivity index (χ4v) is 2.56. The van der Waals surface area contributed by atoms with Gasteiger partial charge in [0.25, 0.3) is 0 Å². The van der Waals surface area contributed by atoms with Crippen molar-refractivity contribution in [2.24, 2.45) is 5.41 Å². The molecule has 0 saturated heterocycles. The second-order valence-corrected chi connectivity index (χ2v) is 6.59. The van der Waals surface area contributed by atoms with Crippen LogP contribution in [0.2, 0.25) is 0 Å². The molecule has 1 fully saturated rings. The van der Waals surface area contributed by atoms with Crippen molar-refractivity contribution in [3.63, 3.8) is 0 Å². The largest absolute Gasteiger partial charge is 0.395 e. The van der Waals surface area contributed by atoms with Crippen LogP contribution in [0.3, 0.4) is 0 Å². The highest BCUT2D eigenvalue weighted by Gasteiger charge is 2.36. The van der Waals surface area contributed by atoms with Gasteiger partial charge >= 0.3 is 0 Å². The fourth-order valence-electron chi connectivity index (χ4n) is 2.56. The van der Waals surface area contributed by atoms with Gasteiger partial charge in [0.1, 0.15) is 5.82 Å². The predicted octanol–water partition coefficient (Wildman–Crippen LogP) is 3.29. The van der Waals surface area contributed by atoms with E-state index in [0.717, 1.165) is 25.0 Å². The molecule has 1 aliphatic rings. The van der Waals surface area contributed by atoms with E-state index in [4.69, 9.17) is 5.73 Å². The van der Waals surface area contributed by atoms with Crippen molar-refractivity contribution < 1.29 is 13.9 Å². The Hall–Kier alpha value is -1.36. The number of rotatable bonds is 3. The zero-order valence-electron chi connectivity index (χ0n) is 12.0. The molecule has 1 aliphatic carbocycles. The quantitative estimate of drug-likeness (QED) is 0.746. The van der Waals surface area contributed by atoms with Crippen LogP contribution in [0.1, 0.15) is 39.5 Å². The second kappa shape index (κ2) is 5.20. The molecule has 1 aromatic rings. The van der Waals surface area contributed by atoms with Gasteiger partial charge in [-0.15, -0.1) is 0 Å². The van der Waals surface area contributed by atoms with Crippen molar-refractivity contribution in [2.75, 3.05) is 17.6 Å². The Labute approximate surface area is 118 Å². The third kappa shape index (κ3) is 3.39. The lowest BCUT2D eigenvalue weighted by Crippen LogP contribution is -2.42. The number of nitrogen functional groups attached to an aromatic ring is 1. The standard InChI is InChI=1S/C15H22F2N2O/c1-14(2)3-5-15(20,6-4-14)9-19-12-8-10(16)7-11(17)13(12)18/h7-8,19-20H,3-6,9,18H2,1-2H3. The Morgan fingerprint density at radius 2 is 1.80 bits per heavy atom. The highest BCUT2D eigenvalue weighted by atomic mass is 19.1. The first-order chi connectivity index (χ1) is 9.21. The van der Waals surface area contributed by atoms with Gasteiger partial charge in [-0.25, -0.2) is 8.78 Å². The van der Waals surface area contributed by atoms with E-state index in [-0.39, 0.29) is 23.3 Å². The van der Waals surface area contributed by atoms with E-state index in [1.807, 2.05) is 0 Å². The molecule has 1 aromatic carbocycles. The highest BCUT2D eigenvalue weighted by Crippen LogP contribution is 2.40. The van der Waals surface area contributed by atoms with Gasteiger partial charge in [0.15, 0.2) is 5.82 Å². The number of aliphatic hydroxyl groups is 1. The Morgan fingerprint density at radius 1 is 1.20 bits per heavy atom. The molecule has 1 saturated carbocycles. The van der Waals surface area contributed by atoms with E-state index in [1.165, 1.54) is 0 Å². The number of nitrogens with two attached hydrogens (primary N) is 1. The zero-order valence-corrected chi connectivity index (χ0v) is 12.0. The van der Waals surface area contributed by atoms with Crippen LogP contribution in [0.25, 0.3) is 0 Å². The third-order valence-corrected chi connectivity index (χ3v) is 4.24. The molecule has 0 bridgehead atoms. The minimum absolute atomic E-state index is 0.119. The minimum atomic E-state index is -0.843. The first-order valence-electron chi connectivity index (χ1n) is 6.92. The van der Waals surface area contributed by atoms with Gasteiger partial charge in [0.2, 0.25) is 0 Å². The van der Waals surface area contributed by atoms with Crippen LogP contribution in [0, 0.1) is 17.0 Å². The summed E-state index contributed by atoms with van der Waals surface area (Å²) in [5.74, 6) is -1.47. The van der Waals surface area contributed by atoms with Gasteiger partial charge in [-0.05, 0) is 37.2 Å². The zero-order chi connectivity index (χ0) is 15.0. The number of benzene rings is 1. The van der Waals surface area contributed by atoms with Crippen LogP contribution in [0.4, 0.5) is 20.2 Å². The van der Waals surface area contributed by atoms with Crippen molar-refractivity contribution in [3.05, 3.63) is 23.8 Å². The van der Waals surface area contributed by atoms with Crippen LogP contribution in [0.15, 0.2) is 12.1 Å². The highest BCUT2D eigenvalue weighted by molar-refractivity contribution is 5.66. The second-order valence-electron chi connectivity index (χ2n) is 6.59. The van der Waals surface area contributed by atoms with Gasteiger partial charge in [-0.1, -0.05) is 13.8 Å². The maximum Gasteiger partial charge on any atom is 0.151 e. The molecule has 20 heavy (non-hydrogen) atoms. The average molecular weight is 284 g/mol. The van der Waals surface area contributed by atoms with Crippen molar-refractivity contribution in [2.45, 2.75) is 45.1 Å². The Balaban J connectivity index is 2.02. The normalized spacial score (nSPS) is 20.6. The summed E-state index contributed by atoms with van der Waals surface area (Å²) >= 11 is 0. The molecule has 3 nitrogen and oxygen atoms in total. The smallest absolute Gasteiger partial charge is 0.151 e. The lowest BCUT2D eigenvalue weighted by atomic mass is 9.71. The molecular weight excluding hydrogens is 262 g/mol. The van der Waals surface area contributed by atoms with Gasteiger partial charge in [0, 0.05) is 12.6 Å². The molecule has 5 heteroatoms. The molecule has 0 aromatic heterocycles. The molecule has 0 heterocycles. The molecule has 0 radical (unpaired) electrons. The van der Waals surface area contributed by atoms with Gasteiger partial charge in [-0.3, -0.25) is 0 Å². The van der Waals surface area contributed by atoms with E-state index in [2.05, 4.69) is 19.2 Å². The number of hydrogen-bond acceptors (Lipinski definition) is 3. The Morgan fingerprint density at radius 3 is 2.40 bits per heavy atom. The summed E-state index contributed by atoms with van der Waals surface area (Å²) in [6.07, 6.45) is 3.20. The van der Waals surface area contributed by atoms with Crippen molar-refractivity contribution in [1.29, 1.82) is 0 Å². The Bertz CT molecular complexity index is 493. The molecule has 2 rings (SSSR count). The Kier molecular flexibility index (Phi) is 3.91. The molecule has 0 unspecified atom stereocenters. The molecule has 0 spiro atoms. The van der Waals surface area contributed by atoms with Crippen molar-refractivity contribution >= 4 is 11.4 Å². The van der Waals surface area contributed by atoms with E-state index >= 15 is 0 Å². The van der Waals surface area contributed by atoms with Crippen LogP contribution >= 0.6 is 0 Å². The van der Waals surface area contributed by atoms with Crippen molar-refractivity contribution in [1.82, 2.24) is 0 Å². The van der Waals surface area contributed by atoms with Gasteiger partial charge in [-0.2, -0.15) is 0 Å². The summed E-state index contributed by atoms with van der Waals surface area (Å²) < 4.78 is 26.5. The molecule has 0 amide bonds. The minimum Gasteiger partial charge on any atom is -0.395 e. The summed E-state index contributed by atoms with van der Waals surface area (Å²) in [7, 11) is 0. The summed E-state index contributed by atoms with van der Waals surface area (Å²) in [6.45, 7) is 4.61. The van der Waals surface area contributed by atoms with Crippen LogP contribution in [-0.4, -0.2) is 17.3 Å². The topological polar surface area (TPSA) is 58.3 Å². The molecule has 4 N–H and O–H groups in total. The average Bonchev–Trinajstić information content (AvgIpc) is 2.36. The molecule has 0 atom stereocenters. The lowest BCUT2D eigenvalue weighted by molar-refractivity contribution is -0.0145. The molecule has 0 aliphatic heterocycles. The SMILES string of the molecule is CC1(C)CCC(O)(CNc2cc(F)cc(F)c2N)CC1. The monoisotopic (exact) mass is 284 g/mol. The number of anilines is 2. The third-order valence-electron chi connectivity index (χ3n) is 4.24. The summed E-state index contributed by atoms with van der Waals surface area (Å²) in [5.41, 5.74) is 5.05. The maximum atomic E-state index is 13.3. The number of halogens is 2. The first kappa shape index (κ1) is 15.0. The van der Waals surface area contributed by atoms with Crippen LogP contribution in [-0.2, 0) is 0 Å². The molecule has 112 valence electrons. The van der Waals surface area contributed by atoms with E-state index in [9.17, 15) is 13.9 Å². The first-order valence-corrected chi connectivity index (χ1v) is 6.92. The maximum absolute atomic E-state index is 13.3. The number of nitrogens with one attached hydrogen (secondary N) is 1. The summed E-state index contributed by atoms with van der Waals surface area (Å²) in [5, 5.41) is 13.4. The van der Waals surface area contributed by atoms with Crippen molar-refractivity contribution in [3.8, 4) is 0 Å². The fraction of sp³-hybridized carbons (Fsp3) is 0.600. The lowest BCUT2D eigenvalue weighted by Gasteiger charge is -2.40. The van der Waals surface area contributed by atoms with E-state index in [1.54, 1.807) is 0 Å². The van der Waals surface area contributed by atoms with Gasteiger partial charge < -0.3 is 16.2 Å². The van der Waals surface area contributed by atoms with E-state index < -0.39 is 17.2 Å². The van der Waals surface area contributed by atoms with Crippen LogP contribution in [0.5, 0.6) is 0 Å². The summed E-state index contributed by atoms with van der Waals surface area (Å²) in [6, 6.07) is 1.90. The molecular formula is C15H22F2N2O. The summed E-state index contributed by atoms with van der Waals surface area (Å²) in [4.78, 5) is 0. The number of hydrogen-bond donors (Lipinski definition) is 3. The van der Waals surface area contributed by atoms with Crippen LogP contribution < -0.4 is 11.1 Å². The van der Waals surface area contributed by atoms with Gasteiger partial charge in [0.05, 0.1) is 17.0 Å². The predicted molar refractivity (Wildman–Crippen MR) is 76.5 cm³/mol. The van der Waals surface area contributed by atoms with E-state index in [0.29, 0.717) is 12.8 Å².